The van der Waals surface area contributed by atoms with Crippen molar-refractivity contribution in [3.8, 4) is 5.75 Å². The van der Waals surface area contributed by atoms with Crippen molar-refractivity contribution >= 4 is 55.9 Å². The molecule has 0 aromatic heterocycles. The van der Waals surface area contributed by atoms with E-state index >= 15 is 0 Å². The average Bonchev–Trinajstić information content (AvgIpc) is 2.80. The van der Waals surface area contributed by atoms with E-state index in [-0.39, 0.29) is 27.4 Å². The number of aromatic hydroxyl groups is 1. The molecular formula is C24H16BrN3O4. The van der Waals surface area contributed by atoms with E-state index in [9.17, 15) is 20.0 Å². The van der Waals surface area contributed by atoms with Gasteiger partial charge < -0.3 is 10.4 Å². The minimum absolute atomic E-state index is 0.163. The summed E-state index contributed by atoms with van der Waals surface area (Å²) in [6.45, 7) is 0. The number of carbonyl (C=O) groups is 1. The summed E-state index contributed by atoms with van der Waals surface area (Å²) < 4.78 is 0.191. The predicted molar refractivity (Wildman–Crippen MR) is 128 cm³/mol. The number of phenols is 1. The maximum Gasteiger partial charge on any atom is 0.271 e. The lowest BCUT2D eigenvalue weighted by Crippen LogP contribution is -2.11. The van der Waals surface area contributed by atoms with E-state index in [1.165, 1.54) is 18.3 Å². The van der Waals surface area contributed by atoms with Crippen molar-refractivity contribution in [3.63, 3.8) is 0 Å². The van der Waals surface area contributed by atoms with Crippen LogP contribution in [-0.2, 0) is 0 Å². The van der Waals surface area contributed by atoms with Crippen molar-refractivity contribution in [2.24, 2.45) is 4.99 Å². The number of nitrogens with zero attached hydrogens (tertiary/aromatic N) is 2. The quantitative estimate of drug-likeness (QED) is 0.197. The molecule has 0 fully saturated rings. The van der Waals surface area contributed by atoms with E-state index in [0.29, 0.717) is 16.9 Å². The summed E-state index contributed by atoms with van der Waals surface area (Å²) >= 11 is 3.10. The largest absolute Gasteiger partial charge is 0.506 e. The number of nitrogens with one attached hydrogen (secondary N) is 1. The number of rotatable bonds is 5. The molecule has 0 heterocycles. The van der Waals surface area contributed by atoms with Crippen molar-refractivity contribution < 1.29 is 14.8 Å². The first kappa shape index (κ1) is 21.2. The molecule has 4 aromatic carbocycles. The molecule has 0 aliphatic carbocycles. The van der Waals surface area contributed by atoms with Crippen LogP contribution in [0.1, 0.15) is 15.9 Å². The van der Waals surface area contributed by atoms with Crippen LogP contribution in [0.15, 0.2) is 88.3 Å². The number of carbonyl (C=O) groups excluding carboxylic acids is 1. The SMILES string of the molecule is O=C(Nc1cccc2ccccc12)c1cccc(N=Cc2cc([N+](=O)[O-])cc(Br)c2O)c1. The number of anilines is 1. The number of fused-ring (bicyclic) bond motifs is 1. The Morgan fingerprint density at radius 3 is 2.59 bits per heavy atom. The van der Waals surface area contributed by atoms with Crippen LogP contribution in [0.2, 0.25) is 0 Å². The lowest BCUT2D eigenvalue weighted by molar-refractivity contribution is -0.385. The molecule has 0 aliphatic heterocycles. The molecule has 0 atom stereocenters. The van der Waals surface area contributed by atoms with Gasteiger partial charge in [-0.1, -0.05) is 42.5 Å². The Labute approximate surface area is 191 Å². The third-order valence-electron chi connectivity index (χ3n) is 4.79. The fourth-order valence-corrected chi connectivity index (χ4v) is 3.67. The van der Waals surface area contributed by atoms with Gasteiger partial charge in [0.1, 0.15) is 5.75 Å². The molecule has 158 valence electrons. The van der Waals surface area contributed by atoms with Gasteiger partial charge in [-0.05, 0) is 45.6 Å². The van der Waals surface area contributed by atoms with E-state index in [0.717, 1.165) is 10.8 Å². The fourth-order valence-electron chi connectivity index (χ4n) is 3.21. The van der Waals surface area contributed by atoms with Crippen molar-refractivity contribution in [2.45, 2.75) is 0 Å². The summed E-state index contributed by atoms with van der Waals surface area (Å²) in [5, 5.41) is 26.1. The summed E-state index contributed by atoms with van der Waals surface area (Å²) in [7, 11) is 0. The Balaban J connectivity index is 1.59. The number of non-ortho nitro benzene ring substituents is 1. The number of halogens is 1. The summed E-state index contributed by atoms with van der Waals surface area (Å²) in [5.41, 5.74) is 1.55. The third kappa shape index (κ3) is 4.50. The molecular weight excluding hydrogens is 474 g/mol. The summed E-state index contributed by atoms with van der Waals surface area (Å²) in [5.74, 6) is -0.455. The van der Waals surface area contributed by atoms with E-state index < -0.39 is 4.92 Å². The Kier molecular flexibility index (Phi) is 5.96. The molecule has 0 saturated carbocycles. The molecule has 0 radical (unpaired) electrons. The zero-order valence-electron chi connectivity index (χ0n) is 16.5. The lowest BCUT2D eigenvalue weighted by Gasteiger charge is -2.09. The normalized spacial score (nSPS) is 11.0. The number of nitro benzene ring substituents is 1. The topological polar surface area (TPSA) is 105 Å². The second kappa shape index (κ2) is 8.99. The molecule has 0 spiro atoms. The van der Waals surface area contributed by atoms with Crippen LogP contribution in [0.4, 0.5) is 17.1 Å². The van der Waals surface area contributed by atoms with E-state index in [4.69, 9.17) is 0 Å². The molecule has 0 aliphatic rings. The van der Waals surface area contributed by atoms with E-state index in [2.05, 4.69) is 26.2 Å². The number of hydrogen-bond acceptors (Lipinski definition) is 5. The second-order valence-electron chi connectivity index (χ2n) is 6.91. The Morgan fingerprint density at radius 2 is 1.78 bits per heavy atom. The van der Waals surface area contributed by atoms with Crippen molar-refractivity contribution in [1.82, 2.24) is 0 Å². The molecule has 32 heavy (non-hydrogen) atoms. The first-order chi connectivity index (χ1) is 15.4. The Hall–Kier alpha value is -4.04. The van der Waals surface area contributed by atoms with Gasteiger partial charge in [-0.25, -0.2) is 0 Å². The molecule has 4 rings (SSSR count). The van der Waals surface area contributed by atoms with Crippen LogP contribution < -0.4 is 5.32 Å². The van der Waals surface area contributed by atoms with Gasteiger partial charge in [-0.3, -0.25) is 19.9 Å². The molecule has 8 heteroatoms. The number of amides is 1. The molecule has 2 N–H and O–H groups in total. The van der Waals surface area contributed by atoms with Crippen LogP contribution in [-0.4, -0.2) is 22.2 Å². The van der Waals surface area contributed by atoms with Crippen LogP contribution in [0.25, 0.3) is 10.8 Å². The monoisotopic (exact) mass is 489 g/mol. The van der Waals surface area contributed by atoms with Gasteiger partial charge in [-0.2, -0.15) is 0 Å². The first-order valence-electron chi connectivity index (χ1n) is 9.52. The second-order valence-corrected chi connectivity index (χ2v) is 7.77. The highest BCUT2D eigenvalue weighted by atomic mass is 79.9. The van der Waals surface area contributed by atoms with Crippen molar-refractivity contribution in [2.75, 3.05) is 5.32 Å². The molecule has 1 amide bonds. The van der Waals surface area contributed by atoms with Gasteiger partial charge in [0.2, 0.25) is 0 Å². The highest BCUT2D eigenvalue weighted by Gasteiger charge is 2.14. The number of nitro groups is 1. The summed E-state index contributed by atoms with van der Waals surface area (Å²) in [4.78, 5) is 27.6. The van der Waals surface area contributed by atoms with Crippen molar-refractivity contribution in [1.29, 1.82) is 0 Å². The molecule has 0 saturated heterocycles. The first-order valence-corrected chi connectivity index (χ1v) is 10.3. The van der Waals surface area contributed by atoms with Gasteiger partial charge in [0.25, 0.3) is 11.6 Å². The number of phenolic OH excluding ortho intramolecular Hbond substituents is 1. The standard InChI is InChI=1S/C24H16BrN3O4/c25-21-13-19(28(31)32)12-17(23(21)29)14-26-18-8-3-7-16(11-18)24(30)27-22-10-4-6-15-5-1-2-9-20(15)22/h1-14,29H,(H,27,30). The molecule has 0 unspecified atom stereocenters. The van der Waals surface area contributed by atoms with Crippen LogP contribution in [0.3, 0.4) is 0 Å². The third-order valence-corrected chi connectivity index (χ3v) is 5.39. The number of benzene rings is 4. The maximum absolute atomic E-state index is 12.8. The minimum Gasteiger partial charge on any atom is -0.506 e. The average molecular weight is 490 g/mol. The zero-order chi connectivity index (χ0) is 22.7. The smallest absolute Gasteiger partial charge is 0.271 e. The van der Waals surface area contributed by atoms with Gasteiger partial charge >= 0.3 is 0 Å². The van der Waals surface area contributed by atoms with Crippen LogP contribution >= 0.6 is 15.9 Å². The zero-order valence-corrected chi connectivity index (χ0v) is 18.1. The highest BCUT2D eigenvalue weighted by Crippen LogP contribution is 2.32. The minimum atomic E-state index is -0.556. The van der Waals surface area contributed by atoms with E-state index in [1.807, 2.05) is 42.5 Å². The van der Waals surface area contributed by atoms with Crippen LogP contribution in [0, 0.1) is 10.1 Å². The van der Waals surface area contributed by atoms with Gasteiger partial charge in [0.05, 0.1) is 15.1 Å². The predicted octanol–water partition coefficient (Wildman–Crippen LogP) is 6.22. The Morgan fingerprint density at radius 1 is 1.03 bits per heavy atom. The molecule has 4 aromatic rings. The van der Waals surface area contributed by atoms with E-state index in [1.54, 1.807) is 24.3 Å². The fraction of sp³-hybridized carbons (Fsp3) is 0. The van der Waals surface area contributed by atoms with Crippen LogP contribution in [0.5, 0.6) is 5.75 Å². The van der Waals surface area contributed by atoms with Crippen molar-refractivity contribution in [3.05, 3.63) is 105 Å². The van der Waals surface area contributed by atoms with Gasteiger partial charge in [0, 0.05) is 40.5 Å². The number of hydrogen-bond donors (Lipinski definition) is 2. The number of aliphatic imine (C=N–C) groups is 1. The van der Waals surface area contributed by atoms with Gasteiger partial charge in [-0.15, -0.1) is 0 Å². The summed E-state index contributed by atoms with van der Waals surface area (Å²) in [6.07, 6.45) is 1.31. The molecule has 0 bridgehead atoms. The Bertz CT molecular complexity index is 1380. The summed E-state index contributed by atoms with van der Waals surface area (Å²) in [6, 6.07) is 22.5. The maximum atomic E-state index is 12.8. The highest BCUT2D eigenvalue weighted by molar-refractivity contribution is 9.10. The lowest BCUT2D eigenvalue weighted by atomic mass is 10.1. The molecule has 7 nitrogen and oxygen atoms in total. The van der Waals surface area contributed by atoms with Gasteiger partial charge in [0.15, 0.2) is 0 Å².